The number of carboxylic acid groups (broad SMARTS) is 1. The van der Waals surface area contributed by atoms with Crippen LogP contribution in [0.15, 0.2) is 0 Å². The smallest absolute Gasteiger partial charge is 0.320 e. The van der Waals surface area contributed by atoms with Gasteiger partial charge in [0, 0.05) is 0 Å². The van der Waals surface area contributed by atoms with Crippen LogP contribution in [0.3, 0.4) is 0 Å². The second-order valence-corrected chi connectivity index (χ2v) is 4.80. The Labute approximate surface area is 83.1 Å². The quantitative estimate of drug-likeness (QED) is 0.613. The first kappa shape index (κ1) is 10.9. The lowest BCUT2D eigenvalue weighted by atomic mass is 10.2. The lowest BCUT2D eigenvalue weighted by molar-refractivity contribution is -0.138. The molecule has 0 saturated heterocycles. The van der Waals surface area contributed by atoms with Crippen LogP contribution in [0.2, 0.25) is 0 Å². The van der Waals surface area contributed by atoms with E-state index in [0.717, 1.165) is 17.4 Å². The van der Waals surface area contributed by atoms with Crippen molar-refractivity contribution in [3.63, 3.8) is 0 Å². The molecule has 0 aromatic rings. The molecule has 3 nitrogen and oxygen atoms in total. The fraction of sp³-hybridized carbons (Fsp3) is 0.889. The number of carbonyl (C=O) groups is 1. The van der Waals surface area contributed by atoms with Gasteiger partial charge in [0.25, 0.3) is 0 Å². The predicted molar refractivity (Wildman–Crippen MR) is 54.9 cm³/mol. The average Bonchev–Trinajstić information content (AvgIpc) is 2.87. The number of nitrogens with two attached hydrogens (primary N) is 1. The Kier molecular flexibility index (Phi) is 4.59. The van der Waals surface area contributed by atoms with Gasteiger partial charge in [0.05, 0.1) is 0 Å². The summed E-state index contributed by atoms with van der Waals surface area (Å²) in [7, 11) is 0. The molecule has 1 atom stereocenters. The number of aliphatic carboxylic acids is 1. The maximum absolute atomic E-state index is 10.3. The Morgan fingerprint density at radius 3 is 2.77 bits per heavy atom. The first-order valence-corrected chi connectivity index (χ1v) is 5.91. The average molecular weight is 203 g/mol. The zero-order chi connectivity index (χ0) is 9.68. The molecule has 0 spiro atoms. The predicted octanol–water partition coefficient (Wildman–Crippen LogP) is 1.32. The van der Waals surface area contributed by atoms with Crippen LogP contribution in [0.5, 0.6) is 0 Å². The zero-order valence-corrected chi connectivity index (χ0v) is 8.55. The summed E-state index contributed by atoms with van der Waals surface area (Å²) in [4.78, 5) is 10.3. The van der Waals surface area contributed by atoms with Gasteiger partial charge in [-0.3, -0.25) is 4.79 Å². The van der Waals surface area contributed by atoms with E-state index in [1.165, 1.54) is 19.3 Å². The van der Waals surface area contributed by atoms with Crippen molar-refractivity contribution in [2.45, 2.75) is 31.7 Å². The molecule has 13 heavy (non-hydrogen) atoms. The van der Waals surface area contributed by atoms with Gasteiger partial charge in [0.15, 0.2) is 0 Å². The van der Waals surface area contributed by atoms with Crippen LogP contribution in [0, 0.1) is 5.92 Å². The summed E-state index contributed by atoms with van der Waals surface area (Å²) in [5, 5.41) is 8.50. The van der Waals surface area contributed by atoms with E-state index in [4.69, 9.17) is 10.8 Å². The number of carboxylic acids is 1. The molecule has 0 aliphatic heterocycles. The molecule has 0 aromatic heterocycles. The SMILES string of the molecule is NC(CCSCCC1CC1)C(=O)O. The minimum absolute atomic E-state index is 0.588. The molecule has 0 aromatic carbocycles. The van der Waals surface area contributed by atoms with Crippen LogP contribution >= 0.6 is 11.8 Å². The summed E-state index contributed by atoms with van der Waals surface area (Å²) in [6.45, 7) is 0. The fourth-order valence-electron chi connectivity index (χ4n) is 1.09. The van der Waals surface area contributed by atoms with E-state index < -0.39 is 12.0 Å². The Hall–Kier alpha value is -0.220. The summed E-state index contributed by atoms with van der Waals surface area (Å²) in [6.07, 6.45) is 4.68. The van der Waals surface area contributed by atoms with Crippen molar-refractivity contribution in [3.8, 4) is 0 Å². The van der Waals surface area contributed by atoms with E-state index in [0.29, 0.717) is 6.42 Å². The van der Waals surface area contributed by atoms with Gasteiger partial charge in [-0.15, -0.1) is 0 Å². The van der Waals surface area contributed by atoms with Gasteiger partial charge in [-0.05, 0) is 30.3 Å². The maximum atomic E-state index is 10.3. The summed E-state index contributed by atoms with van der Waals surface area (Å²) in [5.41, 5.74) is 5.36. The standard InChI is InChI=1S/C9H17NO2S/c10-8(9(11)12)4-6-13-5-3-7-1-2-7/h7-8H,1-6,10H2,(H,11,12). The lowest BCUT2D eigenvalue weighted by Crippen LogP contribution is -2.30. The first-order valence-electron chi connectivity index (χ1n) is 4.76. The van der Waals surface area contributed by atoms with Crippen molar-refractivity contribution in [2.24, 2.45) is 11.7 Å². The fourth-order valence-corrected chi connectivity index (χ4v) is 2.22. The van der Waals surface area contributed by atoms with Crippen molar-refractivity contribution < 1.29 is 9.90 Å². The van der Waals surface area contributed by atoms with Crippen molar-refractivity contribution in [3.05, 3.63) is 0 Å². The third-order valence-electron chi connectivity index (χ3n) is 2.26. The van der Waals surface area contributed by atoms with E-state index in [2.05, 4.69) is 0 Å². The van der Waals surface area contributed by atoms with Crippen LogP contribution in [0.1, 0.15) is 25.7 Å². The van der Waals surface area contributed by atoms with Gasteiger partial charge >= 0.3 is 5.97 Å². The van der Waals surface area contributed by atoms with E-state index in [9.17, 15) is 4.79 Å². The molecule has 1 saturated carbocycles. The molecule has 1 aliphatic carbocycles. The highest BCUT2D eigenvalue weighted by atomic mass is 32.2. The van der Waals surface area contributed by atoms with Crippen molar-refractivity contribution in [1.29, 1.82) is 0 Å². The molecule has 0 heterocycles. The molecule has 4 heteroatoms. The molecule has 0 bridgehead atoms. The van der Waals surface area contributed by atoms with Gasteiger partial charge in [-0.25, -0.2) is 0 Å². The Bertz CT molecular complexity index is 171. The zero-order valence-electron chi connectivity index (χ0n) is 7.74. The minimum Gasteiger partial charge on any atom is -0.480 e. The normalized spacial score (nSPS) is 18.5. The van der Waals surface area contributed by atoms with E-state index >= 15 is 0 Å². The van der Waals surface area contributed by atoms with Crippen LogP contribution < -0.4 is 5.73 Å². The van der Waals surface area contributed by atoms with E-state index in [1.807, 2.05) is 11.8 Å². The second kappa shape index (κ2) is 5.50. The summed E-state index contributed by atoms with van der Waals surface area (Å²) in [5.74, 6) is 2.13. The van der Waals surface area contributed by atoms with E-state index in [1.54, 1.807) is 0 Å². The summed E-state index contributed by atoms with van der Waals surface area (Å²) < 4.78 is 0. The molecule has 1 fully saturated rings. The number of hydrogen-bond donors (Lipinski definition) is 2. The largest absolute Gasteiger partial charge is 0.480 e. The second-order valence-electron chi connectivity index (χ2n) is 3.58. The topological polar surface area (TPSA) is 63.3 Å². The van der Waals surface area contributed by atoms with Crippen molar-refractivity contribution in [1.82, 2.24) is 0 Å². The first-order chi connectivity index (χ1) is 6.20. The summed E-state index contributed by atoms with van der Waals surface area (Å²) in [6, 6.07) is -0.673. The Balaban J connectivity index is 1.84. The van der Waals surface area contributed by atoms with Crippen LogP contribution in [-0.2, 0) is 4.79 Å². The lowest BCUT2D eigenvalue weighted by Gasteiger charge is -2.05. The molecular formula is C9H17NO2S. The number of hydrogen-bond acceptors (Lipinski definition) is 3. The van der Waals surface area contributed by atoms with Gasteiger partial charge in [0.1, 0.15) is 6.04 Å². The monoisotopic (exact) mass is 203 g/mol. The highest BCUT2D eigenvalue weighted by Gasteiger charge is 2.20. The highest BCUT2D eigenvalue weighted by Crippen LogP contribution is 2.33. The highest BCUT2D eigenvalue weighted by molar-refractivity contribution is 7.99. The molecule has 3 N–H and O–H groups in total. The van der Waals surface area contributed by atoms with Gasteiger partial charge in [-0.2, -0.15) is 11.8 Å². The molecule has 76 valence electrons. The minimum atomic E-state index is -0.886. The molecule has 1 aliphatic rings. The molecule has 1 rings (SSSR count). The number of thioether (sulfide) groups is 1. The maximum Gasteiger partial charge on any atom is 0.320 e. The summed E-state index contributed by atoms with van der Waals surface area (Å²) >= 11 is 1.82. The Morgan fingerprint density at radius 2 is 2.23 bits per heavy atom. The van der Waals surface area contributed by atoms with Crippen LogP contribution in [0.4, 0.5) is 0 Å². The molecular weight excluding hydrogens is 186 g/mol. The third kappa shape index (κ3) is 5.16. The van der Waals surface area contributed by atoms with Crippen LogP contribution in [-0.4, -0.2) is 28.6 Å². The Morgan fingerprint density at radius 1 is 1.54 bits per heavy atom. The molecule has 0 amide bonds. The van der Waals surface area contributed by atoms with Crippen molar-refractivity contribution >= 4 is 17.7 Å². The van der Waals surface area contributed by atoms with Crippen LogP contribution in [0.25, 0.3) is 0 Å². The number of rotatable bonds is 7. The third-order valence-corrected chi connectivity index (χ3v) is 3.31. The van der Waals surface area contributed by atoms with Gasteiger partial charge in [-0.1, -0.05) is 12.8 Å². The van der Waals surface area contributed by atoms with E-state index in [-0.39, 0.29) is 0 Å². The van der Waals surface area contributed by atoms with Gasteiger partial charge in [0.2, 0.25) is 0 Å². The molecule has 1 unspecified atom stereocenters. The van der Waals surface area contributed by atoms with Gasteiger partial charge < -0.3 is 10.8 Å². The molecule has 0 radical (unpaired) electrons. The van der Waals surface area contributed by atoms with Crippen molar-refractivity contribution in [2.75, 3.05) is 11.5 Å².